The number of nitrogen functional groups attached to an aromatic ring is 1. The number of benzene rings is 3. The molecule has 0 radical (unpaired) electrons. The summed E-state index contributed by atoms with van der Waals surface area (Å²) in [5.74, 6) is -0.171. The van der Waals surface area contributed by atoms with Gasteiger partial charge in [-0.05, 0) is 59.2 Å². The lowest BCUT2D eigenvalue weighted by molar-refractivity contribution is -0.115. The summed E-state index contributed by atoms with van der Waals surface area (Å²) in [6.45, 7) is 0. The van der Waals surface area contributed by atoms with Crippen LogP contribution in [0.3, 0.4) is 0 Å². The maximum absolute atomic E-state index is 12.3. The van der Waals surface area contributed by atoms with Gasteiger partial charge in [0.05, 0.1) is 4.91 Å². The molecule has 0 atom stereocenters. The lowest BCUT2D eigenvalue weighted by Gasteiger charge is -2.10. The summed E-state index contributed by atoms with van der Waals surface area (Å²) in [6.07, 6.45) is 1.81. The van der Waals surface area contributed by atoms with Crippen molar-refractivity contribution in [2.24, 2.45) is 0 Å². The summed E-state index contributed by atoms with van der Waals surface area (Å²) in [7, 11) is 0. The molecule has 1 heterocycles. The van der Waals surface area contributed by atoms with E-state index >= 15 is 0 Å². The van der Waals surface area contributed by atoms with E-state index in [2.05, 4.69) is 16.0 Å². The zero-order valence-corrected chi connectivity index (χ0v) is 17.8. The molecule has 3 aromatic rings. The predicted molar refractivity (Wildman–Crippen MR) is 132 cm³/mol. The Bertz CT molecular complexity index is 1190. The third-order valence-corrected chi connectivity index (χ3v) is 5.64. The minimum atomic E-state index is -0.339. The van der Waals surface area contributed by atoms with Crippen molar-refractivity contribution in [3.63, 3.8) is 0 Å². The fourth-order valence-corrected chi connectivity index (χ4v) is 4.02. The number of carbonyl (C=O) groups excluding carboxylic acids is 2. The number of carbonyl (C=O) groups is 2. The fraction of sp³-hybridized carbons (Fsp3) is 0. The highest BCUT2D eigenvalue weighted by atomic mass is 32.2. The van der Waals surface area contributed by atoms with Crippen molar-refractivity contribution in [2.75, 3.05) is 16.4 Å². The fourth-order valence-electron chi connectivity index (χ4n) is 2.98. The van der Waals surface area contributed by atoms with Crippen LogP contribution >= 0.6 is 24.0 Å². The van der Waals surface area contributed by atoms with Crippen molar-refractivity contribution >= 4 is 63.4 Å². The number of nitrogens with one attached hydrogen (secondary N) is 3. The molecule has 3 amide bonds. The highest BCUT2D eigenvalue weighted by Gasteiger charge is 2.21. The van der Waals surface area contributed by atoms with E-state index in [1.807, 2.05) is 54.6 Å². The maximum Gasteiger partial charge on any atom is 0.323 e. The third-order valence-electron chi connectivity index (χ3n) is 4.47. The predicted octanol–water partition coefficient (Wildman–Crippen LogP) is 5.07. The zero-order valence-electron chi connectivity index (χ0n) is 16.2. The summed E-state index contributed by atoms with van der Waals surface area (Å²) in [6, 6.07) is 22.0. The van der Waals surface area contributed by atoms with Crippen LogP contribution in [0.25, 0.3) is 17.2 Å². The first-order chi connectivity index (χ1) is 15.0. The molecule has 154 valence electrons. The van der Waals surface area contributed by atoms with E-state index in [1.54, 1.807) is 24.3 Å². The Hall–Kier alpha value is -3.62. The third kappa shape index (κ3) is 5.30. The van der Waals surface area contributed by atoms with Gasteiger partial charge in [0.1, 0.15) is 4.32 Å². The summed E-state index contributed by atoms with van der Waals surface area (Å²) in [5, 5.41) is 8.21. The molecule has 8 heteroatoms. The van der Waals surface area contributed by atoms with E-state index in [0.29, 0.717) is 26.3 Å². The van der Waals surface area contributed by atoms with Gasteiger partial charge in [0.15, 0.2) is 0 Å². The molecule has 6 nitrogen and oxygen atoms in total. The van der Waals surface area contributed by atoms with Crippen LogP contribution in [0.1, 0.15) is 5.56 Å². The topological polar surface area (TPSA) is 96.2 Å². The summed E-state index contributed by atoms with van der Waals surface area (Å²) < 4.78 is 0.470. The monoisotopic (exact) mass is 446 g/mol. The molecular formula is C23H18N4O2S2. The molecule has 0 unspecified atom stereocenters. The second-order valence-electron chi connectivity index (χ2n) is 6.76. The number of thioether (sulfide) groups is 1. The van der Waals surface area contributed by atoms with Gasteiger partial charge in [0, 0.05) is 17.1 Å². The Morgan fingerprint density at radius 2 is 1.65 bits per heavy atom. The zero-order chi connectivity index (χ0) is 21.8. The largest absolute Gasteiger partial charge is 0.399 e. The van der Waals surface area contributed by atoms with Gasteiger partial charge in [-0.15, -0.1) is 0 Å². The smallest absolute Gasteiger partial charge is 0.323 e. The Balaban J connectivity index is 1.44. The number of hydrogen-bond donors (Lipinski definition) is 4. The number of anilines is 3. The molecule has 1 aliphatic heterocycles. The molecular weight excluding hydrogens is 428 g/mol. The average Bonchev–Trinajstić information content (AvgIpc) is 3.07. The molecule has 0 aliphatic carbocycles. The summed E-state index contributed by atoms with van der Waals surface area (Å²) in [4.78, 5) is 24.7. The second kappa shape index (κ2) is 9.03. The van der Waals surface area contributed by atoms with Crippen molar-refractivity contribution in [1.82, 2.24) is 5.32 Å². The van der Waals surface area contributed by atoms with Crippen molar-refractivity contribution in [3.8, 4) is 11.1 Å². The maximum atomic E-state index is 12.3. The molecule has 4 rings (SSSR count). The van der Waals surface area contributed by atoms with Crippen LogP contribution in [0.4, 0.5) is 21.9 Å². The first kappa shape index (κ1) is 20.6. The van der Waals surface area contributed by atoms with E-state index in [0.717, 1.165) is 16.7 Å². The lowest BCUT2D eigenvalue weighted by Crippen LogP contribution is -2.19. The van der Waals surface area contributed by atoms with Gasteiger partial charge in [-0.2, -0.15) is 0 Å². The highest BCUT2D eigenvalue weighted by Crippen LogP contribution is 2.28. The van der Waals surface area contributed by atoms with Gasteiger partial charge in [-0.3, -0.25) is 4.79 Å². The molecule has 0 bridgehead atoms. The minimum absolute atomic E-state index is 0.171. The second-order valence-corrected chi connectivity index (χ2v) is 8.48. The van der Waals surface area contributed by atoms with Crippen molar-refractivity contribution in [2.45, 2.75) is 0 Å². The number of urea groups is 1. The first-order valence-corrected chi connectivity index (χ1v) is 10.6. The average molecular weight is 447 g/mol. The highest BCUT2D eigenvalue weighted by molar-refractivity contribution is 8.26. The van der Waals surface area contributed by atoms with Crippen molar-refractivity contribution in [1.29, 1.82) is 0 Å². The first-order valence-electron chi connectivity index (χ1n) is 9.35. The Kier molecular flexibility index (Phi) is 6.01. The minimum Gasteiger partial charge on any atom is -0.399 e. The van der Waals surface area contributed by atoms with Crippen LogP contribution in [-0.4, -0.2) is 16.3 Å². The molecule has 3 aromatic carbocycles. The SMILES string of the molecule is Nc1ccc(NC(=O)Nc2cccc(-c3ccc(/C=C4\SC(=S)NC4=O)cc3)c2)cc1. The van der Waals surface area contributed by atoms with E-state index in [9.17, 15) is 9.59 Å². The normalized spacial score (nSPS) is 14.4. The van der Waals surface area contributed by atoms with E-state index in [1.165, 1.54) is 11.8 Å². The molecule has 1 saturated heterocycles. The number of nitrogens with two attached hydrogens (primary N) is 1. The van der Waals surface area contributed by atoms with Gasteiger partial charge < -0.3 is 21.7 Å². The molecule has 31 heavy (non-hydrogen) atoms. The lowest BCUT2D eigenvalue weighted by atomic mass is 10.0. The van der Waals surface area contributed by atoms with Crippen LogP contribution in [0.5, 0.6) is 0 Å². The standard InChI is InChI=1S/C23H18N4O2S2/c24-17-8-10-18(11-9-17)25-22(29)26-19-3-1-2-16(13-19)15-6-4-14(5-7-15)12-20-21(28)27-23(30)31-20/h1-13H,24H2,(H2,25,26,29)(H,27,28,30)/b20-12-. The van der Waals surface area contributed by atoms with E-state index in [-0.39, 0.29) is 11.9 Å². The van der Waals surface area contributed by atoms with Crippen molar-refractivity contribution in [3.05, 3.63) is 83.3 Å². The van der Waals surface area contributed by atoms with Gasteiger partial charge in [-0.25, -0.2) is 4.79 Å². The van der Waals surface area contributed by atoms with Crippen LogP contribution in [-0.2, 0) is 4.79 Å². The number of rotatable bonds is 4. The van der Waals surface area contributed by atoms with Crippen LogP contribution in [0.2, 0.25) is 0 Å². The molecule has 0 spiro atoms. The van der Waals surface area contributed by atoms with Gasteiger partial charge >= 0.3 is 6.03 Å². The van der Waals surface area contributed by atoms with Crippen LogP contribution in [0, 0.1) is 0 Å². The number of hydrogen-bond acceptors (Lipinski definition) is 5. The molecule has 1 fully saturated rings. The Labute approximate surface area is 188 Å². The van der Waals surface area contributed by atoms with Gasteiger partial charge in [-0.1, -0.05) is 60.4 Å². The Morgan fingerprint density at radius 1 is 0.935 bits per heavy atom. The van der Waals surface area contributed by atoms with E-state index < -0.39 is 0 Å². The van der Waals surface area contributed by atoms with E-state index in [4.69, 9.17) is 18.0 Å². The summed E-state index contributed by atoms with van der Waals surface area (Å²) in [5.41, 5.74) is 10.5. The van der Waals surface area contributed by atoms with Crippen molar-refractivity contribution < 1.29 is 9.59 Å². The number of thiocarbonyl (C=S) groups is 1. The number of amides is 3. The quantitative estimate of drug-likeness (QED) is 0.255. The van der Waals surface area contributed by atoms with Crippen LogP contribution < -0.4 is 21.7 Å². The molecule has 5 N–H and O–H groups in total. The Morgan fingerprint density at radius 3 is 2.32 bits per heavy atom. The summed E-state index contributed by atoms with van der Waals surface area (Å²) >= 11 is 6.27. The molecule has 0 aromatic heterocycles. The van der Waals surface area contributed by atoms with Gasteiger partial charge in [0.25, 0.3) is 5.91 Å². The molecule has 0 saturated carbocycles. The van der Waals surface area contributed by atoms with Gasteiger partial charge in [0.2, 0.25) is 0 Å². The molecule has 1 aliphatic rings. The van der Waals surface area contributed by atoms with Crippen LogP contribution in [0.15, 0.2) is 77.7 Å².